The Kier molecular flexibility index (Phi) is 5.44. The van der Waals surface area contributed by atoms with Gasteiger partial charge in [0, 0.05) is 6.54 Å². The molecule has 2 amide bonds. The molecule has 1 aliphatic heterocycles. The van der Waals surface area contributed by atoms with Gasteiger partial charge < -0.3 is 4.74 Å². The van der Waals surface area contributed by atoms with E-state index in [1.54, 1.807) is 6.08 Å². The van der Waals surface area contributed by atoms with Gasteiger partial charge >= 0.3 is 0 Å². The van der Waals surface area contributed by atoms with E-state index in [0.717, 1.165) is 17.1 Å². The van der Waals surface area contributed by atoms with Crippen LogP contribution in [-0.2, 0) is 9.59 Å². The molecule has 1 heterocycles. The van der Waals surface area contributed by atoms with Gasteiger partial charge in [0.15, 0.2) is 0 Å². The minimum absolute atomic E-state index is 0.228. The number of hydrogen-bond donors (Lipinski definition) is 0. The number of benzene rings is 1. The number of nitrogens with zero attached hydrogens (tertiary/aromatic N) is 1. The normalized spacial score (nSPS) is 14.7. The molecule has 0 spiro atoms. The van der Waals surface area contributed by atoms with Crippen molar-refractivity contribution in [2.75, 3.05) is 18.9 Å². The number of carbonyl (C=O) groups is 2. The van der Waals surface area contributed by atoms with Gasteiger partial charge in [-0.25, -0.2) is 0 Å². The fourth-order valence-corrected chi connectivity index (χ4v) is 3.14. The van der Waals surface area contributed by atoms with Crippen LogP contribution in [0.3, 0.4) is 0 Å². The second-order valence-electron chi connectivity index (χ2n) is 4.60. The fourth-order valence-electron chi connectivity index (χ4n) is 2.27. The maximum absolute atomic E-state index is 12.6. The highest BCUT2D eigenvalue weighted by Gasteiger charge is 2.38. The van der Waals surface area contributed by atoms with E-state index in [4.69, 9.17) is 4.74 Å². The molecule has 22 heavy (non-hydrogen) atoms. The zero-order valence-corrected chi connectivity index (χ0v) is 13.6. The highest BCUT2D eigenvalue weighted by Crippen LogP contribution is 2.36. The first-order valence-electron chi connectivity index (χ1n) is 7.21. The van der Waals surface area contributed by atoms with E-state index >= 15 is 0 Å². The van der Waals surface area contributed by atoms with Gasteiger partial charge in [0.25, 0.3) is 11.8 Å². The van der Waals surface area contributed by atoms with E-state index in [0.29, 0.717) is 17.1 Å². The lowest BCUT2D eigenvalue weighted by Gasteiger charge is -2.12. The Morgan fingerprint density at radius 3 is 2.41 bits per heavy atom. The summed E-state index contributed by atoms with van der Waals surface area (Å²) in [7, 11) is 0. The third-order valence-electron chi connectivity index (χ3n) is 3.18. The highest BCUT2D eigenvalue weighted by atomic mass is 32.2. The quantitative estimate of drug-likeness (QED) is 0.573. The molecule has 0 aliphatic carbocycles. The SMILES string of the molecule is C=CCN1C(=O)C(SCC)=C(c2ccc(OCC)cc2)C1=O. The fraction of sp³-hybridized carbons (Fsp3) is 0.294. The maximum Gasteiger partial charge on any atom is 0.268 e. The van der Waals surface area contributed by atoms with E-state index in [2.05, 4.69) is 6.58 Å². The Balaban J connectivity index is 2.41. The van der Waals surface area contributed by atoms with Crippen molar-refractivity contribution in [3.8, 4) is 5.75 Å². The summed E-state index contributed by atoms with van der Waals surface area (Å²) in [5.41, 5.74) is 1.21. The van der Waals surface area contributed by atoms with Crippen LogP contribution < -0.4 is 4.74 Å². The molecule has 0 atom stereocenters. The number of imide groups is 1. The van der Waals surface area contributed by atoms with Gasteiger partial charge in [-0.2, -0.15) is 0 Å². The number of amides is 2. The summed E-state index contributed by atoms with van der Waals surface area (Å²) < 4.78 is 5.41. The summed E-state index contributed by atoms with van der Waals surface area (Å²) in [4.78, 5) is 26.7. The average molecular weight is 317 g/mol. The monoisotopic (exact) mass is 317 g/mol. The van der Waals surface area contributed by atoms with E-state index < -0.39 is 0 Å². The molecule has 5 heteroatoms. The van der Waals surface area contributed by atoms with Gasteiger partial charge in [-0.15, -0.1) is 18.3 Å². The van der Waals surface area contributed by atoms with Crippen molar-refractivity contribution in [2.24, 2.45) is 0 Å². The Morgan fingerprint density at radius 2 is 1.86 bits per heavy atom. The summed E-state index contributed by atoms with van der Waals surface area (Å²) in [6, 6.07) is 7.26. The van der Waals surface area contributed by atoms with Crippen molar-refractivity contribution < 1.29 is 14.3 Å². The second kappa shape index (κ2) is 7.31. The van der Waals surface area contributed by atoms with Crippen molar-refractivity contribution in [1.82, 2.24) is 4.90 Å². The minimum Gasteiger partial charge on any atom is -0.494 e. The van der Waals surface area contributed by atoms with Crippen molar-refractivity contribution in [2.45, 2.75) is 13.8 Å². The van der Waals surface area contributed by atoms with Crippen LogP contribution in [0.5, 0.6) is 5.75 Å². The molecule has 0 bridgehead atoms. The van der Waals surface area contributed by atoms with Gasteiger partial charge in [0.05, 0.1) is 17.1 Å². The Morgan fingerprint density at radius 1 is 1.18 bits per heavy atom. The van der Waals surface area contributed by atoms with Crippen LogP contribution in [0.2, 0.25) is 0 Å². The van der Waals surface area contributed by atoms with E-state index in [1.807, 2.05) is 38.1 Å². The molecule has 0 saturated heterocycles. The average Bonchev–Trinajstić information content (AvgIpc) is 2.74. The number of thioether (sulfide) groups is 1. The standard InChI is InChI=1S/C17H19NO3S/c1-4-11-18-16(19)14(15(17(18)20)22-6-3)12-7-9-13(10-8-12)21-5-2/h4,7-10H,1,5-6,11H2,2-3H3. The smallest absolute Gasteiger partial charge is 0.268 e. The molecular formula is C17H19NO3S. The molecule has 0 radical (unpaired) electrons. The molecular weight excluding hydrogens is 298 g/mol. The molecule has 1 aromatic carbocycles. The van der Waals surface area contributed by atoms with Gasteiger partial charge in [-0.3, -0.25) is 14.5 Å². The molecule has 1 aromatic rings. The van der Waals surface area contributed by atoms with Crippen molar-refractivity contribution >= 4 is 29.1 Å². The van der Waals surface area contributed by atoms with Crippen LogP contribution in [-0.4, -0.2) is 35.6 Å². The second-order valence-corrected chi connectivity index (χ2v) is 5.88. The summed E-state index contributed by atoms with van der Waals surface area (Å²) in [6.07, 6.45) is 1.56. The lowest BCUT2D eigenvalue weighted by molar-refractivity contribution is -0.135. The van der Waals surface area contributed by atoms with Crippen LogP contribution >= 0.6 is 11.8 Å². The summed E-state index contributed by atoms with van der Waals surface area (Å²) in [5.74, 6) is 0.985. The van der Waals surface area contributed by atoms with Gasteiger partial charge in [-0.1, -0.05) is 25.1 Å². The minimum atomic E-state index is -0.259. The van der Waals surface area contributed by atoms with Crippen LogP contribution in [0, 0.1) is 0 Å². The zero-order chi connectivity index (χ0) is 16.1. The molecule has 0 fully saturated rings. The van der Waals surface area contributed by atoms with Crippen LogP contribution in [0.15, 0.2) is 41.8 Å². The number of rotatable bonds is 7. The van der Waals surface area contributed by atoms with Crippen molar-refractivity contribution in [1.29, 1.82) is 0 Å². The molecule has 116 valence electrons. The lowest BCUT2D eigenvalue weighted by Crippen LogP contribution is -2.31. The predicted molar refractivity (Wildman–Crippen MR) is 89.6 cm³/mol. The number of ether oxygens (including phenoxy) is 1. The van der Waals surface area contributed by atoms with E-state index in [1.165, 1.54) is 16.7 Å². The molecule has 0 saturated carbocycles. The van der Waals surface area contributed by atoms with Crippen LogP contribution in [0.25, 0.3) is 5.57 Å². The third-order valence-corrected chi connectivity index (χ3v) is 4.14. The van der Waals surface area contributed by atoms with Gasteiger partial charge in [0.1, 0.15) is 5.75 Å². The Labute approximate surface area is 134 Å². The van der Waals surface area contributed by atoms with Crippen LogP contribution in [0.1, 0.15) is 19.4 Å². The zero-order valence-electron chi connectivity index (χ0n) is 12.8. The molecule has 0 unspecified atom stereocenters. The Bertz CT molecular complexity index is 619. The summed E-state index contributed by atoms with van der Waals surface area (Å²) >= 11 is 1.40. The molecule has 2 rings (SSSR count). The largest absolute Gasteiger partial charge is 0.494 e. The number of carbonyl (C=O) groups excluding carboxylic acids is 2. The third kappa shape index (κ3) is 3.09. The first-order chi connectivity index (χ1) is 10.6. The predicted octanol–water partition coefficient (Wildman–Crippen LogP) is 3.10. The van der Waals surface area contributed by atoms with Gasteiger partial charge in [-0.05, 0) is 30.4 Å². The summed E-state index contributed by atoms with van der Waals surface area (Å²) in [5, 5.41) is 0. The molecule has 0 N–H and O–H groups in total. The van der Waals surface area contributed by atoms with Gasteiger partial charge in [0.2, 0.25) is 0 Å². The lowest BCUT2D eigenvalue weighted by atomic mass is 10.1. The summed E-state index contributed by atoms with van der Waals surface area (Å²) in [6.45, 7) is 8.30. The Hall–Kier alpha value is -2.01. The highest BCUT2D eigenvalue weighted by molar-refractivity contribution is 8.04. The first-order valence-corrected chi connectivity index (χ1v) is 8.19. The maximum atomic E-state index is 12.6. The van der Waals surface area contributed by atoms with E-state index in [9.17, 15) is 9.59 Å². The topological polar surface area (TPSA) is 46.6 Å². The number of hydrogen-bond acceptors (Lipinski definition) is 4. The molecule has 1 aliphatic rings. The first kappa shape index (κ1) is 16.4. The molecule has 0 aromatic heterocycles. The van der Waals surface area contributed by atoms with Crippen molar-refractivity contribution in [3.05, 3.63) is 47.4 Å². The van der Waals surface area contributed by atoms with Crippen molar-refractivity contribution in [3.63, 3.8) is 0 Å². The molecule has 4 nitrogen and oxygen atoms in total. The van der Waals surface area contributed by atoms with Crippen LogP contribution in [0.4, 0.5) is 0 Å². The van der Waals surface area contributed by atoms with E-state index in [-0.39, 0.29) is 18.4 Å².